The Morgan fingerprint density at radius 2 is 1.95 bits per heavy atom. The van der Waals surface area contributed by atoms with Crippen LogP contribution in [0.4, 0.5) is 0 Å². The van der Waals surface area contributed by atoms with Gasteiger partial charge in [0.1, 0.15) is 0 Å². The molecule has 2 saturated carbocycles. The summed E-state index contributed by atoms with van der Waals surface area (Å²) in [5.74, 6) is 2.30. The van der Waals surface area contributed by atoms with Gasteiger partial charge in [0.2, 0.25) is 0 Å². The molecule has 4 atom stereocenters. The fourth-order valence-corrected chi connectivity index (χ4v) is 3.59. The highest BCUT2D eigenvalue weighted by Crippen LogP contribution is 2.52. The summed E-state index contributed by atoms with van der Waals surface area (Å²) in [6.45, 7) is 6.22. The van der Waals surface area contributed by atoms with E-state index < -0.39 is 0 Å². The fourth-order valence-electron chi connectivity index (χ4n) is 3.59. The first kappa shape index (κ1) is 14.1. The maximum atomic E-state index is 6.10. The van der Waals surface area contributed by atoms with Crippen molar-refractivity contribution in [3.63, 3.8) is 0 Å². The van der Waals surface area contributed by atoms with Crippen LogP contribution >= 0.6 is 0 Å². The molecule has 2 heteroatoms. The Balaban J connectivity index is 1.68. The van der Waals surface area contributed by atoms with E-state index in [4.69, 9.17) is 4.74 Å². The molecule has 0 aromatic heterocycles. The minimum Gasteiger partial charge on any atom is -0.377 e. The van der Waals surface area contributed by atoms with Crippen LogP contribution < -0.4 is 5.32 Å². The highest BCUT2D eigenvalue weighted by molar-refractivity contribution is 5.27. The molecule has 20 heavy (non-hydrogen) atoms. The minimum absolute atomic E-state index is 0.429. The number of likely N-dealkylation sites (N-methyl/N-ethyl adjacent to an activating group) is 1. The van der Waals surface area contributed by atoms with Gasteiger partial charge in [-0.15, -0.1) is 0 Å². The van der Waals surface area contributed by atoms with Gasteiger partial charge in [-0.2, -0.15) is 0 Å². The Labute approximate surface area is 122 Å². The molecule has 0 aliphatic heterocycles. The van der Waals surface area contributed by atoms with E-state index >= 15 is 0 Å². The highest BCUT2D eigenvalue weighted by atomic mass is 16.5. The van der Waals surface area contributed by atoms with Gasteiger partial charge in [0.25, 0.3) is 0 Å². The molecule has 1 N–H and O–H groups in total. The summed E-state index contributed by atoms with van der Waals surface area (Å²) < 4.78 is 6.10. The average molecular weight is 273 g/mol. The molecular formula is C18H27NO. The molecule has 1 aromatic carbocycles. The topological polar surface area (TPSA) is 21.3 Å². The Hall–Kier alpha value is -0.860. The molecule has 1 aromatic rings. The molecule has 0 bridgehead atoms. The van der Waals surface area contributed by atoms with Gasteiger partial charge in [0, 0.05) is 12.6 Å². The molecule has 4 unspecified atom stereocenters. The first-order valence-corrected chi connectivity index (χ1v) is 8.25. The quantitative estimate of drug-likeness (QED) is 0.781. The number of hydrogen-bond acceptors (Lipinski definition) is 2. The van der Waals surface area contributed by atoms with Crippen LogP contribution in [0.2, 0.25) is 0 Å². The van der Waals surface area contributed by atoms with Crippen LogP contribution in [0.25, 0.3) is 0 Å². The first-order valence-electron chi connectivity index (χ1n) is 8.25. The third kappa shape index (κ3) is 3.07. The van der Waals surface area contributed by atoms with E-state index in [9.17, 15) is 0 Å². The predicted octanol–water partition coefficient (Wildman–Crippen LogP) is 3.58. The SMILES string of the molecule is CCNC(C1CC1c1ccccc1)C(OCC)C1CC1. The zero-order valence-corrected chi connectivity index (χ0v) is 12.7. The molecule has 2 aliphatic carbocycles. The van der Waals surface area contributed by atoms with Gasteiger partial charge in [-0.3, -0.25) is 0 Å². The summed E-state index contributed by atoms with van der Waals surface area (Å²) in [4.78, 5) is 0. The lowest BCUT2D eigenvalue weighted by Gasteiger charge is -2.28. The van der Waals surface area contributed by atoms with Crippen molar-refractivity contribution in [2.75, 3.05) is 13.2 Å². The summed E-state index contributed by atoms with van der Waals surface area (Å²) in [6.07, 6.45) is 4.46. The summed E-state index contributed by atoms with van der Waals surface area (Å²) in [5.41, 5.74) is 1.51. The van der Waals surface area contributed by atoms with Crippen molar-refractivity contribution in [1.82, 2.24) is 5.32 Å². The molecule has 0 radical (unpaired) electrons. The number of benzene rings is 1. The van der Waals surface area contributed by atoms with Crippen LogP contribution in [0, 0.1) is 11.8 Å². The number of nitrogens with one attached hydrogen (secondary N) is 1. The third-order valence-corrected chi connectivity index (χ3v) is 4.77. The number of rotatable bonds is 8. The normalized spacial score (nSPS) is 28.1. The Morgan fingerprint density at radius 1 is 1.20 bits per heavy atom. The standard InChI is InChI=1S/C18H27NO/c1-3-19-17(18(20-4-2)14-10-11-14)16-12-15(16)13-8-6-5-7-9-13/h5-9,14-19H,3-4,10-12H2,1-2H3. The van der Waals surface area contributed by atoms with Crippen molar-refractivity contribution >= 4 is 0 Å². The van der Waals surface area contributed by atoms with E-state index in [2.05, 4.69) is 49.5 Å². The van der Waals surface area contributed by atoms with E-state index in [1.165, 1.54) is 24.8 Å². The maximum Gasteiger partial charge on any atom is 0.0758 e. The Morgan fingerprint density at radius 3 is 2.55 bits per heavy atom. The molecule has 2 fully saturated rings. The van der Waals surface area contributed by atoms with Crippen molar-refractivity contribution < 1.29 is 4.74 Å². The molecule has 0 saturated heterocycles. The Bertz CT molecular complexity index is 415. The lowest BCUT2D eigenvalue weighted by atomic mass is 9.98. The van der Waals surface area contributed by atoms with Gasteiger partial charge in [-0.25, -0.2) is 0 Å². The van der Waals surface area contributed by atoms with Crippen molar-refractivity contribution in [3.8, 4) is 0 Å². The van der Waals surface area contributed by atoms with Crippen molar-refractivity contribution in [2.45, 2.75) is 51.2 Å². The van der Waals surface area contributed by atoms with E-state index in [1.54, 1.807) is 0 Å². The summed E-state index contributed by atoms with van der Waals surface area (Å²) in [6, 6.07) is 11.5. The average Bonchev–Trinajstić information content (AvgIpc) is 3.37. The van der Waals surface area contributed by atoms with E-state index in [0.29, 0.717) is 12.1 Å². The fraction of sp³-hybridized carbons (Fsp3) is 0.667. The second-order valence-electron chi connectivity index (χ2n) is 6.26. The van der Waals surface area contributed by atoms with Gasteiger partial charge < -0.3 is 10.1 Å². The van der Waals surface area contributed by atoms with Crippen molar-refractivity contribution in [1.29, 1.82) is 0 Å². The molecule has 0 amide bonds. The summed E-state index contributed by atoms with van der Waals surface area (Å²) in [7, 11) is 0. The van der Waals surface area contributed by atoms with Crippen LogP contribution in [-0.4, -0.2) is 25.3 Å². The van der Waals surface area contributed by atoms with Crippen LogP contribution in [0.3, 0.4) is 0 Å². The van der Waals surface area contributed by atoms with Crippen molar-refractivity contribution in [2.24, 2.45) is 11.8 Å². The number of hydrogen-bond donors (Lipinski definition) is 1. The van der Waals surface area contributed by atoms with E-state index in [-0.39, 0.29) is 0 Å². The van der Waals surface area contributed by atoms with Crippen molar-refractivity contribution in [3.05, 3.63) is 35.9 Å². The molecule has 0 heterocycles. The van der Waals surface area contributed by atoms with Gasteiger partial charge >= 0.3 is 0 Å². The molecule has 3 rings (SSSR count). The summed E-state index contributed by atoms with van der Waals surface area (Å²) in [5, 5.41) is 3.73. The molecule has 2 nitrogen and oxygen atoms in total. The zero-order valence-electron chi connectivity index (χ0n) is 12.7. The van der Waals surface area contributed by atoms with Gasteiger partial charge in [-0.1, -0.05) is 37.3 Å². The number of ether oxygens (including phenoxy) is 1. The predicted molar refractivity (Wildman–Crippen MR) is 82.9 cm³/mol. The van der Waals surface area contributed by atoms with Crippen LogP contribution in [0.5, 0.6) is 0 Å². The van der Waals surface area contributed by atoms with Crippen LogP contribution in [0.15, 0.2) is 30.3 Å². The minimum atomic E-state index is 0.429. The van der Waals surface area contributed by atoms with Gasteiger partial charge in [0.05, 0.1) is 6.10 Å². The van der Waals surface area contributed by atoms with Crippen LogP contribution in [0.1, 0.15) is 44.6 Å². The second-order valence-corrected chi connectivity index (χ2v) is 6.26. The molecular weight excluding hydrogens is 246 g/mol. The smallest absolute Gasteiger partial charge is 0.0758 e. The lowest BCUT2D eigenvalue weighted by molar-refractivity contribution is 0.0133. The first-order chi connectivity index (χ1) is 9.85. The largest absolute Gasteiger partial charge is 0.377 e. The summed E-state index contributed by atoms with van der Waals surface area (Å²) >= 11 is 0. The van der Waals surface area contributed by atoms with E-state index in [1.807, 2.05) is 0 Å². The molecule has 110 valence electrons. The molecule has 2 aliphatic rings. The van der Waals surface area contributed by atoms with Crippen LogP contribution in [-0.2, 0) is 4.74 Å². The lowest BCUT2D eigenvalue weighted by Crippen LogP contribution is -2.44. The zero-order chi connectivity index (χ0) is 13.9. The van der Waals surface area contributed by atoms with E-state index in [0.717, 1.165) is 30.9 Å². The molecule has 0 spiro atoms. The highest BCUT2D eigenvalue weighted by Gasteiger charge is 2.49. The van der Waals surface area contributed by atoms with Gasteiger partial charge in [0.15, 0.2) is 0 Å². The third-order valence-electron chi connectivity index (χ3n) is 4.77. The Kier molecular flexibility index (Phi) is 4.42. The second kappa shape index (κ2) is 6.28. The van der Waals surface area contributed by atoms with Gasteiger partial charge in [-0.05, 0) is 56.0 Å². The maximum absolute atomic E-state index is 6.10. The monoisotopic (exact) mass is 273 g/mol.